The van der Waals surface area contributed by atoms with Gasteiger partial charge in [-0.05, 0) is 44.8 Å². The van der Waals surface area contributed by atoms with Gasteiger partial charge in [0.2, 0.25) is 0 Å². The number of anilines is 1. The summed E-state index contributed by atoms with van der Waals surface area (Å²) in [4.78, 5) is 15.7. The Kier molecular flexibility index (Phi) is 3.61. The molecule has 2 aliphatic heterocycles. The zero-order valence-corrected chi connectivity index (χ0v) is 11.9. The lowest BCUT2D eigenvalue weighted by Crippen LogP contribution is -2.53. The maximum Gasteiger partial charge on any atom is 0.292 e. The van der Waals surface area contributed by atoms with E-state index in [1.54, 1.807) is 12.1 Å². The van der Waals surface area contributed by atoms with Crippen molar-refractivity contribution in [1.29, 1.82) is 0 Å². The summed E-state index contributed by atoms with van der Waals surface area (Å²) in [6.45, 7) is 3.13. The Morgan fingerprint density at radius 2 is 2.05 bits per heavy atom. The highest BCUT2D eigenvalue weighted by Crippen LogP contribution is 2.37. The summed E-state index contributed by atoms with van der Waals surface area (Å²) in [5.41, 5.74) is 1.05. The monoisotopic (exact) mass is 275 g/mol. The molecule has 2 aliphatic rings. The molecule has 0 saturated carbocycles. The van der Waals surface area contributed by atoms with Gasteiger partial charge in [0.1, 0.15) is 5.69 Å². The zero-order valence-electron chi connectivity index (χ0n) is 11.9. The molecule has 0 N–H and O–H groups in total. The normalized spacial score (nSPS) is 27.1. The van der Waals surface area contributed by atoms with E-state index in [1.165, 1.54) is 6.42 Å². The van der Waals surface area contributed by atoms with E-state index in [0.717, 1.165) is 38.2 Å². The standard InChI is InChI=1S/C15H21N3O2/c1-16-10-8-13-12(11-16)5-4-9-17(13)14-6-2-3-7-15(14)18(19)20/h2-3,6-7,12-13H,4-5,8-11H2,1H3/t12-,13-/m1/s1. The van der Waals surface area contributed by atoms with Crippen LogP contribution in [0.5, 0.6) is 0 Å². The molecule has 5 nitrogen and oxygen atoms in total. The number of piperidine rings is 2. The smallest absolute Gasteiger partial charge is 0.292 e. The van der Waals surface area contributed by atoms with Crippen LogP contribution in [-0.4, -0.2) is 42.5 Å². The van der Waals surface area contributed by atoms with Gasteiger partial charge >= 0.3 is 0 Å². The summed E-state index contributed by atoms with van der Waals surface area (Å²) in [5, 5.41) is 11.2. The number of nitrogens with zero attached hydrogens (tertiary/aromatic N) is 3. The molecule has 2 atom stereocenters. The van der Waals surface area contributed by atoms with E-state index in [4.69, 9.17) is 0 Å². The van der Waals surface area contributed by atoms with Gasteiger partial charge in [-0.25, -0.2) is 0 Å². The van der Waals surface area contributed by atoms with Crippen molar-refractivity contribution in [2.75, 3.05) is 31.6 Å². The van der Waals surface area contributed by atoms with E-state index in [0.29, 0.717) is 12.0 Å². The highest BCUT2D eigenvalue weighted by atomic mass is 16.6. The van der Waals surface area contributed by atoms with Crippen LogP contribution in [0.4, 0.5) is 11.4 Å². The van der Waals surface area contributed by atoms with Crippen LogP contribution >= 0.6 is 0 Å². The first-order valence-corrected chi connectivity index (χ1v) is 7.35. The fourth-order valence-electron chi connectivity index (χ4n) is 3.75. The maximum atomic E-state index is 11.2. The second-order valence-electron chi connectivity index (χ2n) is 5.96. The summed E-state index contributed by atoms with van der Waals surface area (Å²) in [5.74, 6) is 0.641. The third-order valence-electron chi connectivity index (χ3n) is 4.66. The second kappa shape index (κ2) is 5.40. The van der Waals surface area contributed by atoms with Crippen LogP contribution in [0, 0.1) is 16.0 Å². The van der Waals surface area contributed by atoms with Crippen LogP contribution < -0.4 is 4.90 Å². The Balaban J connectivity index is 1.91. The van der Waals surface area contributed by atoms with Crippen LogP contribution in [0.1, 0.15) is 19.3 Å². The van der Waals surface area contributed by atoms with Crippen molar-refractivity contribution in [2.24, 2.45) is 5.92 Å². The van der Waals surface area contributed by atoms with Gasteiger partial charge in [-0.3, -0.25) is 10.1 Å². The van der Waals surface area contributed by atoms with Gasteiger partial charge in [-0.1, -0.05) is 12.1 Å². The van der Waals surface area contributed by atoms with Crippen molar-refractivity contribution in [3.05, 3.63) is 34.4 Å². The van der Waals surface area contributed by atoms with Gasteiger partial charge in [0, 0.05) is 25.2 Å². The van der Waals surface area contributed by atoms with Crippen LogP contribution in [0.3, 0.4) is 0 Å². The fourth-order valence-corrected chi connectivity index (χ4v) is 3.75. The molecule has 108 valence electrons. The third kappa shape index (κ3) is 2.38. The minimum atomic E-state index is -0.256. The Labute approximate surface area is 119 Å². The quantitative estimate of drug-likeness (QED) is 0.614. The largest absolute Gasteiger partial charge is 0.363 e. The van der Waals surface area contributed by atoms with E-state index < -0.39 is 0 Å². The number of nitro groups is 1. The van der Waals surface area contributed by atoms with Gasteiger partial charge in [-0.15, -0.1) is 0 Å². The maximum absolute atomic E-state index is 11.2. The van der Waals surface area contributed by atoms with E-state index in [9.17, 15) is 10.1 Å². The number of hydrogen-bond donors (Lipinski definition) is 0. The summed E-state index contributed by atoms with van der Waals surface area (Å²) in [6.07, 6.45) is 3.47. The number of rotatable bonds is 2. The third-order valence-corrected chi connectivity index (χ3v) is 4.66. The van der Waals surface area contributed by atoms with Gasteiger partial charge in [-0.2, -0.15) is 0 Å². The molecule has 0 aliphatic carbocycles. The van der Waals surface area contributed by atoms with Crippen molar-refractivity contribution in [3.8, 4) is 0 Å². The number of likely N-dealkylation sites (tertiary alicyclic amines) is 1. The molecule has 2 heterocycles. The van der Waals surface area contributed by atoms with Gasteiger partial charge in [0.25, 0.3) is 5.69 Å². The number of benzene rings is 1. The zero-order chi connectivity index (χ0) is 14.1. The van der Waals surface area contributed by atoms with Crippen molar-refractivity contribution < 1.29 is 4.92 Å². The molecular weight excluding hydrogens is 254 g/mol. The molecule has 0 radical (unpaired) electrons. The van der Waals surface area contributed by atoms with Crippen LogP contribution in [0.2, 0.25) is 0 Å². The summed E-state index contributed by atoms with van der Waals surface area (Å²) in [6, 6.07) is 7.63. The minimum Gasteiger partial charge on any atom is -0.363 e. The van der Waals surface area contributed by atoms with E-state index >= 15 is 0 Å². The molecule has 5 heteroatoms. The highest BCUT2D eigenvalue weighted by Gasteiger charge is 2.36. The summed E-state index contributed by atoms with van der Waals surface area (Å²) in [7, 11) is 2.17. The first-order chi connectivity index (χ1) is 9.66. The van der Waals surface area contributed by atoms with Gasteiger partial charge in [0.05, 0.1) is 4.92 Å². The van der Waals surface area contributed by atoms with Crippen molar-refractivity contribution in [3.63, 3.8) is 0 Å². The molecule has 2 saturated heterocycles. The Morgan fingerprint density at radius 1 is 1.25 bits per heavy atom. The molecule has 2 fully saturated rings. The molecule has 1 aromatic carbocycles. The topological polar surface area (TPSA) is 49.6 Å². The van der Waals surface area contributed by atoms with Gasteiger partial charge < -0.3 is 9.80 Å². The SMILES string of the molecule is CN1CC[C@@H]2[C@H](CCCN2c2ccccc2[N+](=O)[O-])C1. The summed E-state index contributed by atoms with van der Waals surface area (Å²) >= 11 is 0. The number of hydrogen-bond acceptors (Lipinski definition) is 4. The van der Waals surface area contributed by atoms with Crippen LogP contribution in [0.15, 0.2) is 24.3 Å². The van der Waals surface area contributed by atoms with Crippen LogP contribution in [0.25, 0.3) is 0 Å². The Bertz CT molecular complexity index is 506. The first kappa shape index (κ1) is 13.4. The molecule has 0 unspecified atom stereocenters. The summed E-state index contributed by atoms with van der Waals surface area (Å²) < 4.78 is 0. The van der Waals surface area contributed by atoms with E-state index in [1.807, 2.05) is 12.1 Å². The lowest BCUT2D eigenvalue weighted by Gasteiger charge is -2.47. The average Bonchev–Trinajstić information content (AvgIpc) is 2.46. The van der Waals surface area contributed by atoms with Crippen molar-refractivity contribution in [2.45, 2.75) is 25.3 Å². The minimum absolute atomic E-state index is 0.243. The van der Waals surface area contributed by atoms with Crippen molar-refractivity contribution in [1.82, 2.24) is 4.90 Å². The predicted molar refractivity (Wildman–Crippen MR) is 79.1 cm³/mol. The average molecular weight is 275 g/mol. The molecule has 20 heavy (non-hydrogen) atoms. The van der Waals surface area contributed by atoms with E-state index in [2.05, 4.69) is 16.8 Å². The molecule has 0 aromatic heterocycles. The molecule has 0 bridgehead atoms. The lowest BCUT2D eigenvalue weighted by molar-refractivity contribution is -0.384. The number of para-hydroxylation sites is 2. The number of fused-ring (bicyclic) bond motifs is 1. The van der Waals surface area contributed by atoms with Crippen molar-refractivity contribution >= 4 is 11.4 Å². The van der Waals surface area contributed by atoms with E-state index in [-0.39, 0.29) is 10.6 Å². The first-order valence-electron chi connectivity index (χ1n) is 7.35. The molecule has 1 aromatic rings. The molecular formula is C15H21N3O2. The van der Waals surface area contributed by atoms with Gasteiger partial charge in [0.15, 0.2) is 0 Å². The lowest BCUT2D eigenvalue weighted by atomic mass is 9.83. The molecule has 0 spiro atoms. The number of nitro benzene ring substituents is 1. The molecule has 3 rings (SSSR count). The van der Waals surface area contributed by atoms with Crippen LogP contribution in [-0.2, 0) is 0 Å². The Hall–Kier alpha value is -1.62. The predicted octanol–water partition coefficient (Wildman–Crippen LogP) is 2.52. The highest BCUT2D eigenvalue weighted by molar-refractivity contribution is 5.64. The molecule has 0 amide bonds. The Morgan fingerprint density at radius 3 is 2.85 bits per heavy atom. The fraction of sp³-hybridized carbons (Fsp3) is 0.600. The second-order valence-corrected chi connectivity index (χ2v) is 5.96.